The van der Waals surface area contributed by atoms with Gasteiger partial charge in [0.15, 0.2) is 5.78 Å². The van der Waals surface area contributed by atoms with Gasteiger partial charge in [-0.2, -0.15) is 0 Å². The summed E-state index contributed by atoms with van der Waals surface area (Å²) in [4.78, 5) is 12.1. The maximum absolute atomic E-state index is 12.1. The highest BCUT2D eigenvalue weighted by atomic mass is 16.3. The quantitative estimate of drug-likeness (QED) is 0.664. The van der Waals surface area contributed by atoms with Gasteiger partial charge in [0.05, 0.1) is 0 Å². The second-order valence-electron chi connectivity index (χ2n) is 4.61. The number of aryl methyl sites for hydroxylation is 2. The van der Waals surface area contributed by atoms with Gasteiger partial charge in [-0.25, -0.2) is 0 Å². The van der Waals surface area contributed by atoms with Crippen molar-refractivity contribution >= 4 is 11.9 Å². The van der Waals surface area contributed by atoms with Gasteiger partial charge in [0.2, 0.25) is 0 Å². The smallest absolute Gasteiger partial charge is 0.186 e. The highest BCUT2D eigenvalue weighted by Gasteiger charge is 2.05. The van der Waals surface area contributed by atoms with Gasteiger partial charge in [-0.3, -0.25) is 4.79 Å². The third kappa shape index (κ3) is 3.32. The normalized spacial score (nSPS) is 10.8. The van der Waals surface area contributed by atoms with Crippen LogP contribution in [0.25, 0.3) is 6.08 Å². The standard InChI is InChI=1S/C17H16O2/c1-12-3-4-13(2)16(11-12)17(19)10-7-14-5-8-15(18)9-6-14/h3-11,18H,1-2H3/b10-7+. The van der Waals surface area contributed by atoms with Crippen LogP contribution in [0.5, 0.6) is 5.75 Å². The number of hydrogen-bond acceptors (Lipinski definition) is 2. The van der Waals surface area contributed by atoms with E-state index in [4.69, 9.17) is 0 Å². The Morgan fingerprint density at radius 2 is 1.74 bits per heavy atom. The van der Waals surface area contributed by atoms with Crippen molar-refractivity contribution in [1.29, 1.82) is 0 Å². The van der Waals surface area contributed by atoms with Gasteiger partial charge >= 0.3 is 0 Å². The van der Waals surface area contributed by atoms with Crippen LogP contribution in [0.3, 0.4) is 0 Å². The molecule has 0 aliphatic carbocycles. The Balaban J connectivity index is 2.21. The fourth-order valence-electron chi connectivity index (χ4n) is 1.85. The van der Waals surface area contributed by atoms with Crippen LogP contribution in [0.2, 0.25) is 0 Å². The number of rotatable bonds is 3. The molecule has 2 heteroatoms. The zero-order valence-electron chi connectivity index (χ0n) is 11.1. The Kier molecular flexibility index (Phi) is 3.81. The maximum Gasteiger partial charge on any atom is 0.186 e. The van der Waals surface area contributed by atoms with Crippen molar-refractivity contribution < 1.29 is 9.90 Å². The Morgan fingerprint density at radius 3 is 2.42 bits per heavy atom. The van der Waals surface area contributed by atoms with Crippen LogP contribution in [0.4, 0.5) is 0 Å². The minimum Gasteiger partial charge on any atom is -0.508 e. The number of aromatic hydroxyl groups is 1. The number of carbonyl (C=O) groups excluding carboxylic acids is 1. The molecule has 0 aromatic heterocycles. The average molecular weight is 252 g/mol. The first-order chi connectivity index (χ1) is 9.06. The summed E-state index contributed by atoms with van der Waals surface area (Å²) < 4.78 is 0. The van der Waals surface area contributed by atoms with Crippen LogP contribution in [0.1, 0.15) is 27.0 Å². The molecule has 0 atom stereocenters. The van der Waals surface area contributed by atoms with Gasteiger partial charge in [-0.1, -0.05) is 35.9 Å². The molecule has 2 aromatic rings. The van der Waals surface area contributed by atoms with E-state index >= 15 is 0 Å². The molecule has 2 rings (SSSR count). The van der Waals surface area contributed by atoms with Gasteiger partial charge in [0.1, 0.15) is 5.75 Å². The molecule has 2 nitrogen and oxygen atoms in total. The van der Waals surface area contributed by atoms with Crippen molar-refractivity contribution in [3.63, 3.8) is 0 Å². The second kappa shape index (κ2) is 5.53. The molecule has 0 amide bonds. The molecule has 19 heavy (non-hydrogen) atoms. The van der Waals surface area contributed by atoms with Crippen LogP contribution in [0, 0.1) is 13.8 Å². The van der Waals surface area contributed by atoms with Crippen LogP contribution < -0.4 is 0 Å². The van der Waals surface area contributed by atoms with Crippen LogP contribution in [0.15, 0.2) is 48.5 Å². The first-order valence-electron chi connectivity index (χ1n) is 6.15. The van der Waals surface area contributed by atoms with Gasteiger partial charge in [0, 0.05) is 5.56 Å². The second-order valence-corrected chi connectivity index (χ2v) is 4.61. The van der Waals surface area contributed by atoms with Gasteiger partial charge in [-0.05, 0) is 49.2 Å². The molecule has 0 unspecified atom stereocenters. The summed E-state index contributed by atoms with van der Waals surface area (Å²) in [6.45, 7) is 3.90. The summed E-state index contributed by atoms with van der Waals surface area (Å²) in [5, 5.41) is 9.19. The van der Waals surface area contributed by atoms with E-state index in [0.29, 0.717) is 0 Å². The molecule has 0 heterocycles. The highest BCUT2D eigenvalue weighted by molar-refractivity contribution is 6.07. The average Bonchev–Trinajstić information content (AvgIpc) is 2.40. The molecule has 0 saturated heterocycles. The molecule has 0 bridgehead atoms. The predicted octanol–water partition coefficient (Wildman–Crippen LogP) is 3.91. The van der Waals surface area contributed by atoms with E-state index in [-0.39, 0.29) is 11.5 Å². The Morgan fingerprint density at radius 1 is 1.05 bits per heavy atom. The van der Waals surface area contributed by atoms with E-state index in [1.165, 1.54) is 0 Å². The molecule has 0 spiro atoms. The molecule has 96 valence electrons. The third-order valence-electron chi connectivity index (χ3n) is 2.98. The predicted molar refractivity (Wildman–Crippen MR) is 77.4 cm³/mol. The number of allylic oxidation sites excluding steroid dienone is 1. The summed E-state index contributed by atoms with van der Waals surface area (Å²) in [6.07, 6.45) is 3.32. The largest absolute Gasteiger partial charge is 0.508 e. The number of hydrogen-bond donors (Lipinski definition) is 1. The molecular formula is C17H16O2. The molecule has 0 radical (unpaired) electrons. The SMILES string of the molecule is Cc1ccc(C)c(C(=O)/C=C/c2ccc(O)cc2)c1. The van der Waals surface area contributed by atoms with E-state index in [9.17, 15) is 9.90 Å². The number of phenolic OH excluding ortho intramolecular Hbond substituents is 1. The Bertz CT molecular complexity index is 622. The molecule has 0 aliphatic heterocycles. The van der Waals surface area contributed by atoms with Crippen molar-refractivity contribution in [2.24, 2.45) is 0 Å². The lowest BCUT2D eigenvalue weighted by Crippen LogP contribution is -1.98. The van der Waals surface area contributed by atoms with Gasteiger partial charge < -0.3 is 5.11 Å². The minimum atomic E-state index is -0.00530. The van der Waals surface area contributed by atoms with Crippen molar-refractivity contribution in [2.45, 2.75) is 13.8 Å². The molecule has 0 aliphatic rings. The van der Waals surface area contributed by atoms with E-state index in [1.807, 2.05) is 32.0 Å². The van der Waals surface area contributed by atoms with Gasteiger partial charge in [0.25, 0.3) is 0 Å². The number of benzene rings is 2. The molecule has 0 fully saturated rings. The fourth-order valence-corrected chi connectivity index (χ4v) is 1.85. The lowest BCUT2D eigenvalue weighted by atomic mass is 10.0. The Hall–Kier alpha value is -2.35. The summed E-state index contributed by atoms with van der Waals surface area (Å²) in [6, 6.07) is 12.6. The number of carbonyl (C=O) groups is 1. The van der Waals surface area contributed by atoms with Gasteiger partial charge in [-0.15, -0.1) is 0 Å². The van der Waals surface area contributed by atoms with Crippen molar-refractivity contribution in [2.75, 3.05) is 0 Å². The summed E-state index contributed by atoms with van der Waals surface area (Å²) in [7, 11) is 0. The van der Waals surface area contributed by atoms with E-state index in [0.717, 1.165) is 22.3 Å². The molecule has 2 aromatic carbocycles. The van der Waals surface area contributed by atoms with E-state index in [2.05, 4.69) is 0 Å². The van der Waals surface area contributed by atoms with Crippen molar-refractivity contribution in [1.82, 2.24) is 0 Å². The lowest BCUT2D eigenvalue weighted by Gasteiger charge is -2.03. The topological polar surface area (TPSA) is 37.3 Å². The number of phenols is 1. The monoisotopic (exact) mass is 252 g/mol. The van der Waals surface area contributed by atoms with Crippen molar-refractivity contribution in [3.05, 3.63) is 70.8 Å². The summed E-state index contributed by atoms with van der Waals surface area (Å²) >= 11 is 0. The molecular weight excluding hydrogens is 236 g/mol. The van der Waals surface area contributed by atoms with E-state index < -0.39 is 0 Å². The minimum absolute atomic E-state index is 0.00530. The Labute approximate surface area is 113 Å². The first-order valence-corrected chi connectivity index (χ1v) is 6.15. The summed E-state index contributed by atoms with van der Waals surface area (Å²) in [5.41, 5.74) is 3.67. The maximum atomic E-state index is 12.1. The van der Waals surface area contributed by atoms with E-state index in [1.54, 1.807) is 36.4 Å². The first kappa shape index (κ1) is 13.1. The fraction of sp³-hybridized carbons (Fsp3) is 0.118. The lowest BCUT2D eigenvalue weighted by molar-refractivity contribution is 0.104. The van der Waals surface area contributed by atoms with Crippen LogP contribution in [-0.2, 0) is 0 Å². The third-order valence-corrected chi connectivity index (χ3v) is 2.98. The summed E-state index contributed by atoms with van der Waals surface area (Å²) in [5.74, 6) is 0.215. The zero-order chi connectivity index (χ0) is 13.8. The zero-order valence-corrected chi connectivity index (χ0v) is 11.1. The molecule has 0 saturated carbocycles. The highest BCUT2D eigenvalue weighted by Crippen LogP contribution is 2.14. The van der Waals surface area contributed by atoms with Crippen molar-refractivity contribution in [3.8, 4) is 5.75 Å². The number of ketones is 1. The molecule has 1 N–H and O–H groups in total. The van der Waals surface area contributed by atoms with Crippen LogP contribution >= 0.6 is 0 Å². The van der Waals surface area contributed by atoms with Crippen LogP contribution in [-0.4, -0.2) is 10.9 Å².